The van der Waals surface area contributed by atoms with E-state index in [0.717, 1.165) is 0 Å². The zero-order valence-electron chi connectivity index (χ0n) is 17.2. The molecule has 0 radical (unpaired) electrons. The Balaban J connectivity index is 1.81. The van der Waals surface area contributed by atoms with Gasteiger partial charge < -0.3 is 24.8 Å². The van der Waals surface area contributed by atoms with Gasteiger partial charge in [-0.25, -0.2) is 0 Å². The van der Waals surface area contributed by atoms with Gasteiger partial charge in [0.2, 0.25) is 0 Å². The van der Waals surface area contributed by atoms with Crippen molar-refractivity contribution in [2.45, 2.75) is 6.61 Å². The van der Waals surface area contributed by atoms with Crippen molar-refractivity contribution in [1.29, 1.82) is 0 Å². The topological polar surface area (TPSA) is 85.9 Å². The van der Waals surface area contributed by atoms with E-state index in [2.05, 4.69) is 15.4 Å². The van der Waals surface area contributed by atoms with Crippen LogP contribution >= 0.6 is 0 Å². The minimum atomic E-state index is -2.95. The summed E-state index contributed by atoms with van der Waals surface area (Å²) in [5.74, 6) is -0.329. The summed E-state index contributed by atoms with van der Waals surface area (Å²) in [6.07, 6.45) is 0. The summed E-state index contributed by atoms with van der Waals surface area (Å²) < 4.78 is 39.5. The van der Waals surface area contributed by atoms with E-state index in [1.165, 1.54) is 50.6 Å². The molecule has 0 aliphatic heterocycles. The number of methoxy groups -OCH3 is 2. The number of carbonyl (C=O) groups is 2. The van der Waals surface area contributed by atoms with Crippen LogP contribution < -0.4 is 24.8 Å². The number of carbonyl (C=O) groups excluding carboxylic acids is 2. The second kappa shape index (κ2) is 10.3. The zero-order chi connectivity index (χ0) is 23.1. The number of amides is 2. The molecule has 0 fully saturated rings. The lowest BCUT2D eigenvalue weighted by molar-refractivity contribution is -0.0498. The maximum absolute atomic E-state index is 12.6. The van der Waals surface area contributed by atoms with Gasteiger partial charge in [-0.2, -0.15) is 8.78 Å². The molecule has 7 nitrogen and oxygen atoms in total. The first-order valence-electron chi connectivity index (χ1n) is 9.40. The van der Waals surface area contributed by atoms with Crippen LogP contribution in [0.15, 0.2) is 66.7 Å². The van der Waals surface area contributed by atoms with Gasteiger partial charge in [0.05, 0.1) is 25.6 Å². The predicted octanol–water partition coefficient (Wildman–Crippen LogP) is 4.81. The van der Waals surface area contributed by atoms with Crippen LogP contribution in [0.1, 0.15) is 20.7 Å². The van der Waals surface area contributed by atoms with Crippen LogP contribution in [0.25, 0.3) is 0 Å². The fourth-order valence-corrected chi connectivity index (χ4v) is 2.86. The zero-order valence-corrected chi connectivity index (χ0v) is 17.2. The molecule has 0 spiro atoms. The average Bonchev–Trinajstić information content (AvgIpc) is 2.80. The van der Waals surface area contributed by atoms with Crippen LogP contribution in [0, 0.1) is 0 Å². The second-order valence-corrected chi connectivity index (χ2v) is 6.43. The minimum absolute atomic E-state index is 0.0608. The molecule has 0 aliphatic carbocycles. The molecule has 9 heteroatoms. The van der Waals surface area contributed by atoms with Gasteiger partial charge in [-0.3, -0.25) is 9.59 Å². The molecule has 166 valence electrons. The summed E-state index contributed by atoms with van der Waals surface area (Å²) in [4.78, 5) is 25.1. The lowest BCUT2D eigenvalue weighted by Crippen LogP contribution is -2.15. The Labute approximate surface area is 182 Å². The van der Waals surface area contributed by atoms with Gasteiger partial charge in [-0.1, -0.05) is 18.2 Å². The van der Waals surface area contributed by atoms with Crippen LogP contribution in [0.4, 0.5) is 20.2 Å². The number of alkyl halides is 2. The first kappa shape index (κ1) is 22.5. The van der Waals surface area contributed by atoms with Gasteiger partial charge >= 0.3 is 6.61 Å². The molecule has 0 heterocycles. The third kappa shape index (κ3) is 5.51. The SMILES string of the molecule is COc1cc(NC(=O)c2ccc(OC(F)F)cc2)c(OC)cc1NC(=O)c1ccccc1. The number of halogens is 2. The maximum atomic E-state index is 12.6. The lowest BCUT2D eigenvalue weighted by atomic mass is 10.1. The number of benzene rings is 3. The molecule has 0 aromatic heterocycles. The highest BCUT2D eigenvalue weighted by atomic mass is 19.3. The maximum Gasteiger partial charge on any atom is 0.387 e. The quantitative estimate of drug-likeness (QED) is 0.523. The molecule has 2 amide bonds. The fourth-order valence-electron chi connectivity index (χ4n) is 2.86. The predicted molar refractivity (Wildman–Crippen MR) is 115 cm³/mol. The van der Waals surface area contributed by atoms with Crippen LogP contribution in [0.3, 0.4) is 0 Å². The summed E-state index contributed by atoms with van der Waals surface area (Å²) in [5.41, 5.74) is 1.32. The number of ether oxygens (including phenoxy) is 3. The van der Waals surface area contributed by atoms with Crippen molar-refractivity contribution in [1.82, 2.24) is 0 Å². The second-order valence-electron chi connectivity index (χ2n) is 6.43. The Kier molecular flexibility index (Phi) is 7.22. The van der Waals surface area contributed by atoms with E-state index in [1.807, 2.05) is 0 Å². The molecule has 0 saturated carbocycles. The lowest BCUT2D eigenvalue weighted by Gasteiger charge is -2.16. The first-order chi connectivity index (χ1) is 15.4. The number of anilines is 2. The molecule has 3 aromatic carbocycles. The molecule has 3 rings (SSSR count). The van der Waals surface area contributed by atoms with Gasteiger partial charge in [0, 0.05) is 23.3 Å². The van der Waals surface area contributed by atoms with E-state index in [4.69, 9.17) is 9.47 Å². The molecule has 0 bridgehead atoms. The summed E-state index contributed by atoms with van der Waals surface area (Å²) in [5, 5.41) is 5.43. The molecular formula is C23H20F2N2O5. The Morgan fingerprint density at radius 1 is 0.750 bits per heavy atom. The van der Waals surface area contributed by atoms with Crippen LogP contribution in [-0.2, 0) is 0 Å². The van der Waals surface area contributed by atoms with Crippen molar-refractivity contribution in [3.8, 4) is 17.2 Å². The Morgan fingerprint density at radius 3 is 1.66 bits per heavy atom. The van der Waals surface area contributed by atoms with E-state index in [0.29, 0.717) is 22.7 Å². The molecule has 0 unspecified atom stereocenters. The highest BCUT2D eigenvalue weighted by Crippen LogP contribution is 2.37. The Hall–Kier alpha value is -4.14. The van der Waals surface area contributed by atoms with Crippen molar-refractivity contribution < 1.29 is 32.6 Å². The summed E-state index contributed by atoms with van der Waals surface area (Å²) >= 11 is 0. The highest BCUT2D eigenvalue weighted by molar-refractivity contribution is 6.07. The number of rotatable bonds is 8. The van der Waals surface area contributed by atoms with Crippen molar-refractivity contribution in [2.24, 2.45) is 0 Å². The Bertz CT molecular complexity index is 1090. The Morgan fingerprint density at radius 2 is 1.22 bits per heavy atom. The molecule has 2 N–H and O–H groups in total. The third-order valence-corrected chi connectivity index (χ3v) is 4.40. The van der Waals surface area contributed by atoms with Gasteiger partial charge in [-0.15, -0.1) is 0 Å². The highest BCUT2D eigenvalue weighted by Gasteiger charge is 2.17. The van der Waals surface area contributed by atoms with Crippen molar-refractivity contribution in [3.63, 3.8) is 0 Å². The number of nitrogens with one attached hydrogen (secondary N) is 2. The fraction of sp³-hybridized carbons (Fsp3) is 0.130. The molecule has 0 saturated heterocycles. The molecule has 0 aliphatic rings. The van der Waals surface area contributed by atoms with Crippen molar-refractivity contribution >= 4 is 23.2 Å². The van der Waals surface area contributed by atoms with E-state index in [9.17, 15) is 18.4 Å². The van der Waals surface area contributed by atoms with Gasteiger partial charge in [0.25, 0.3) is 11.8 Å². The van der Waals surface area contributed by atoms with Crippen LogP contribution in [0.5, 0.6) is 17.2 Å². The smallest absolute Gasteiger partial charge is 0.387 e. The summed E-state index contributed by atoms with van der Waals surface area (Å²) in [6.45, 7) is -2.95. The number of hydrogen-bond acceptors (Lipinski definition) is 5. The van der Waals surface area contributed by atoms with E-state index < -0.39 is 12.5 Å². The van der Waals surface area contributed by atoms with Crippen molar-refractivity contribution in [2.75, 3.05) is 24.9 Å². The molecule has 0 atom stereocenters. The molecule has 32 heavy (non-hydrogen) atoms. The first-order valence-corrected chi connectivity index (χ1v) is 9.40. The van der Waals surface area contributed by atoms with Gasteiger partial charge in [-0.05, 0) is 36.4 Å². The van der Waals surface area contributed by atoms with Gasteiger partial charge in [0.1, 0.15) is 17.2 Å². The van der Waals surface area contributed by atoms with E-state index in [1.54, 1.807) is 30.3 Å². The standard InChI is InChI=1S/C23H20F2N2O5/c1-30-19-13-18(27-22(29)15-8-10-16(11-9-15)32-23(24)25)20(31-2)12-17(19)26-21(28)14-6-4-3-5-7-14/h3-13,23H,1-2H3,(H,26,28)(H,27,29). The normalized spacial score (nSPS) is 10.4. The molecular weight excluding hydrogens is 422 g/mol. The monoisotopic (exact) mass is 442 g/mol. The largest absolute Gasteiger partial charge is 0.494 e. The van der Waals surface area contributed by atoms with Crippen LogP contribution in [0.2, 0.25) is 0 Å². The van der Waals surface area contributed by atoms with Gasteiger partial charge in [0.15, 0.2) is 0 Å². The average molecular weight is 442 g/mol. The number of hydrogen-bond donors (Lipinski definition) is 2. The van der Waals surface area contributed by atoms with E-state index >= 15 is 0 Å². The van der Waals surface area contributed by atoms with Crippen LogP contribution in [-0.4, -0.2) is 32.6 Å². The van der Waals surface area contributed by atoms with Crippen molar-refractivity contribution in [3.05, 3.63) is 77.9 Å². The minimum Gasteiger partial charge on any atom is -0.494 e. The summed E-state index contributed by atoms with van der Waals surface area (Å²) in [7, 11) is 2.84. The summed E-state index contributed by atoms with van der Waals surface area (Å²) in [6, 6.07) is 16.9. The van der Waals surface area contributed by atoms with E-state index in [-0.39, 0.29) is 23.0 Å². The molecule has 3 aromatic rings. The third-order valence-electron chi connectivity index (χ3n) is 4.40.